The number of aromatic nitrogens is 3. The fourth-order valence-electron chi connectivity index (χ4n) is 2.43. The molecule has 0 saturated carbocycles. The highest BCUT2D eigenvalue weighted by Gasteiger charge is 2.11. The number of carbonyl (C=O) groups is 1. The number of para-hydroxylation sites is 1. The molecular formula is C19H19F2N7O. The first kappa shape index (κ1) is 19.9. The second-order valence-electron chi connectivity index (χ2n) is 5.93. The molecule has 2 amide bonds. The van der Waals surface area contributed by atoms with E-state index in [2.05, 4.69) is 36.2 Å². The quantitative estimate of drug-likeness (QED) is 0.454. The number of benzene rings is 1. The van der Waals surface area contributed by atoms with Gasteiger partial charge in [-0.2, -0.15) is 0 Å². The summed E-state index contributed by atoms with van der Waals surface area (Å²) < 4.78 is 27.1. The van der Waals surface area contributed by atoms with E-state index in [0.717, 1.165) is 12.1 Å². The van der Waals surface area contributed by atoms with Gasteiger partial charge in [-0.3, -0.25) is 0 Å². The Balaban J connectivity index is 1.49. The van der Waals surface area contributed by atoms with Crippen molar-refractivity contribution in [2.45, 2.75) is 6.92 Å². The summed E-state index contributed by atoms with van der Waals surface area (Å²) in [6.07, 6.45) is 1.67. The highest BCUT2D eigenvalue weighted by Crippen LogP contribution is 2.18. The SMILES string of the molecule is Cc1nc(NCCNC(=O)Nc2c(F)cccc2F)cc(Nc2ccccn2)n1. The average Bonchev–Trinajstić information content (AvgIpc) is 2.69. The lowest BCUT2D eigenvalue weighted by Crippen LogP contribution is -2.33. The highest BCUT2D eigenvalue weighted by atomic mass is 19.1. The van der Waals surface area contributed by atoms with Crippen molar-refractivity contribution in [3.05, 3.63) is 66.1 Å². The van der Waals surface area contributed by atoms with Crippen molar-refractivity contribution in [1.82, 2.24) is 20.3 Å². The van der Waals surface area contributed by atoms with Gasteiger partial charge in [-0.15, -0.1) is 0 Å². The predicted molar refractivity (Wildman–Crippen MR) is 106 cm³/mol. The first-order valence-corrected chi connectivity index (χ1v) is 8.78. The highest BCUT2D eigenvalue weighted by molar-refractivity contribution is 5.89. The Hall–Kier alpha value is -3.82. The lowest BCUT2D eigenvalue weighted by molar-refractivity contribution is 0.252. The van der Waals surface area contributed by atoms with Gasteiger partial charge in [-0.1, -0.05) is 12.1 Å². The molecule has 0 aliphatic rings. The molecule has 3 rings (SSSR count). The van der Waals surface area contributed by atoms with Crippen LogP contribution in [0.5, 0.6) is 0 Å². The van der Waals surface area contributed by atoms with Crippen LogP contribution >= 0.6 is 0 Å². The first-order chi connectivity index (χ1) is 14.0. The number of nitrogens with zero attached hydrogens (tertiary/aromatic N) is 3. The van der Waals surface area contributed by atoms with Gasteiger partial charge in [0.1, 0.15) is 40.6 Å². The zero-order chi connectivity index (χ0) is 20.6. The Labute approximate surface area is 165 Å². The molecule has 3 aromatic rings. The summed E-state index contributed by atoms with van der Waals surface area (Å²) in [4.78, 5) is 24.6. The van der Waals surface area contributed by atoms with Gasteiger partial charge < -0.3 is 21.3 Å². The van der Waals surface area contributed by atoms with Crippen LogP contribution in [0.15, 0.2) is 48.7 Å². The van der Waals surface area contributed by atoms with Crippen LogP contribution in [0.4, 0.5) is 36.7 Å². The topological polar surface area (TPSA) is 104 Å². The van der Waals surface area contributed by atoms with Crippen molar-refractivity contribution in [2.24, 2.45) is 0 Å². The Kier molecular flexibility index (Phi) is 6.46. The maximum absolute atomic E-state index is 13.5. The number of urea groups is 1. The summed E-state index contributed by atoms with van der Waals surface area (Å²) in [6, 6.07) is 9.81. The summed E-state index contributed by atoms with van der Waals surface area (Å²) in [5.41, 5.74) is -0.491. The van der Waals surface area contributed by atoms with E-state index < -0.39 is 23.4 Å². The molecule has 29 heavy (non-hydrogen) atoms. The van der Waals surface area contributed by atoms with Gasteiger partial charge in [0.25, 0.3) is 0 Å². The maximum atomic E-state index is 13.5. The van der Waals surface area contributed by atoms with Gasteiger partial charge in [-0.25, -0.2) is 28.5 Å². The molecule has 2 heterocycles. The molecule has 0 spiro atoms. The number of nitrogens with one attached hydrogen (secondary N) is 4. The third kappa shape index (κ3) is 5.83. The zero-order valence-electron chi connectivity index (χ0n) is 15.5. The molecule has 0 bridgehead atoms. The molecular weight excluding hydrogens is 380 g/mol. The lowest BCUT2D eigenvalue weighted by atomic mass is 10.3. The van der Waals surface area contributed by atoms with Crippen molar-refractivity contribution < 1.29 is 13.6 Å². The molecule has 0 atom stereocenters. The number of aryl methyl sites for hydroxylation is 1. The number of anilines is 4. The monoisotopic (exact) mass is 399 g/mol. The molecule has 0 aliphatic heterocycles. The predicted octanol–water partition coefficient (Wildman–Crippen LogP) is 3.44. The summed E-state index contributed by atoms with van der Waals surface area (Å²) in [7, 11) is 0. The summed E-state index contributed by atoms with van der Waals surface area (Å²) in [5.74, 6) is 0.632. The van der Waals surface area contributed by atoms with Crippen molar-refractivity contribution in [3.8, 4) is 0 Å². The maximum Gasteiger partial charge on any atom is 0.319 e. The molecule has 0 aliphatic carbocycles. The number of hydrogen-bond donors (Lipinski definition) is 4. The van der Waals surface area contributed by atoms with E-state index >= 15 is 0 Å². The van der Waals surface area contributed by atoms with E-state index in [1.807, 2.05) is 18.2 Å². The van der Waals surface area contributed by atoms with Crippen molar-refractivity contribution in [2.75, 3.05) is 29.0 Å². The van der Waals surface area contributed by atoms with Gasteiger partial charge in [0.2, 0.25) is 0 Å². The van der Waals surface area contributed by atoms with Crippen LogP contribution in [0.2, 0.25) is 0 Å². The summed E-state index contributed by atoms with van der Waals surface area (Å²) in [5, 5.41) is 10.8. The van der Waals surface area contributed by atoms with Crippen LogP contribution in [0.25, 0.3) is 0 Å². The Morgan fingerprint density at radius 3 is 2.45 bits per heavy atom. The van der Waals surface area contributed by atoms with Crippen LogP contribution < -0.4 is 21.3 Å². The Bertz CT molecular complexity index is 965. The molecule has 0 fully saturated rings. The van der Waals surface area contributed by atoms with Gasteiger partial charge >= 0.3 is 6.03 Å². The van der Waals surface area contributed by atoms with E-state index in [4.69, 9.17) is 0 Å². The molecule has 8 nitrogen and oxygen atoms in total. The molecule has 10 heteroatoms. The molecule has 150 valence electrons. The van der Waals surface area contributed by atoms with Gasteiger partial charge in [0, 0.05) is 25.4 Å². The Morgan fingerprint density at radius 2 is 1.72 bits per heavy atom. The fraction of sp³-hybridized carbons (Fsp3) is 0.158. The average molecular weight is 399 g/mol. The first-order valence-electron chi connectivity index (χ1n) is 8.78. The van der Waals surface area contributed by atoms with Gasteiger partial charge in [0.15, 0.2) is 0 Å². The van der Waals surface area contributed by atoms with Crippen molar-refractivity contribution in [3.63, 3.8) is 0 Å². The van der Waals surface area contributed by atoms with Crippen LogP contribution in [-0.4, -0.2) is 34.1 Å². The van der Waals surface area contributed by atoms with E-state index in [0.29, 0.717) is 29.8 Å². The zero-order valence-corrected chi connectivity index (χ0v) is 15.5. The smallest absolute Gasteiger partial charge is 0.319 e. The van der Waals surface area contributed by atoms with E-state index in [1.54, 1.807) is 19.2 Å². The number of hydrogen-bond acceptors (Lipinski definition) is 6. The van der Waals surface area contributed by atoms with Crippen LogP contribution in [0.1, 0.15) is 5.82 Å². The largest absolute Gasteiger partial charge is 0.368 e. The van der Waals surface area contributed by atoms with E-state index in [9.17, 15) is 13.6 Å². The van der Waals surface area contributed by atoms with Crippen molar-refractivity contribution in [1.29, 1.82) is 0 Å². The normalized spacial score (nSPS) is 10.3. The second-order valence-corrected chi connectivity index (χ2v) is 5.93. The third-order valence-corrected chi connectivity index (χ3v) is 3.68. The van der Waals surface area contributed by atoms with Gasteiger partial charge in [-0.05, 0) is 31.2 Å². The number of rotatable bonds is 7. The fourth-order valence-corrected chi connectivity index (χ4v) is 2.43. The molecule has 0 unspecified atom stereocenters. The number of carbonyl (C=O) groups excluding carboxylic acids is 1. The molecule has 1 aromatic carbocycles. The van der Waals surface area contributed by atoms with Crippen LogP contribution in [0.3, 0.4) is 0 Å². The molecule has 4 N–H and O–H groups in total. The van der Waals surface area contributed by atoms with Crippen LogP contribution in [-0.2, 0) is 0 Å². The number of halogens is 2. The Morgan fingerprint density at radius 1 is 0.966 bits per heavy atom. The minimum absolute atomic E-state index is 0.202. The summed E-state index contributed by atoms with van der Waals surface area (Å²) >= 11 is 0. The van der Waals surface area contributed by atoms with Crippen molar-refractivity contribution >= 4 is 29.2 Å². The summed E-state index contributed by atoms with van der Waals surface area (Å²) in [6.45, 7) is 2.30. The minimum Gasteiger partial charge on any atom is -0.368 e. The molecule has 0 radical (unpaired) electrons. The third-order valence-electron chi connectivity index (χ3n) is 3.68. The molecule has 0 saturated heterocycles. The number of pyridine rings is 1. The lowest BCUT2D eigenvalue weighted by Gasteiger charge is -2.11. The minimum atomic E-state index is -0.845. The van der Waals surface area contributed by atoms with Gasteiger partial charge in [0.05, 0.1) is 0 Å². The van der Waals surface area contributed by atoms with E-state index in [1.165, 1.54) is 6.07 Å². The second kappa shape index (κ2) is 9.40. The molecule has 2 aromatic heterocycles. The van der Waals surface area contributed by atoms with E-state index in [-0.39, 0.29) is 6.54 Å². The van der Waals surface area contributed by atoms with Crippen LogP contribution in [0, 0.1) is 18.6 Å². The number of amides is 2. The standard InChI is InChI=1S/C19H19F2N7O/c1-12-25-16(11-17(26-12)27-15-7-2-3-8-22-15)23-9-10-24-19(29)28-18-13(20)5-4-6-14(18)21/h2-8,11H,9-10H2,1H3,(H2,24,28,29)(H2,22,23,25,26,27).